The fourth-order valence-corrected chi connectivity index (χ4v) is 1.91. The first kappa shape index (κ1) is 9.86. The van der Waals surface area contributed by atoms with Crippen LogP contribution in [0.1, 0.15) is 6.92 Å². The van der Waals surface area contributed by atoms with E-state index in [2.05, 4.69) is 5.32 Å². The molecule has 0 spiro atoms. The van der Waals surface area contributed by atoms with Crippen LogP contribution in [0, 0.1) is 5.92 Å². The van der Waals surface area contributed by atoms with Crippen LogP contribution in [0.25, 0.3) is 0 Å². The summed E-state index contributed by atoms with van der Waals surface area (Å²) in [5.41, 5.74) is 0. The van der Waals surface area contributed by atoms with Crippen LogP contribution in [-0.2, 0) is 9.53 Å². The molecule has 0 saturated carbocycles. The molecule has 0 bridgehead atoms. The molecule has 0 aromatic carbocycles. The van der Waals surface area contributed by atoms with Gasteiger partial charge in [0, 0.05) is 0 Å². The second-order valence-electron chi connectivity index (χ2n) is 2.84. The van der Waals surface area contributed by atoms with Gasteiger partial charge in [0.05, 0.1) is 12.4 Å². The summed E-state index contributed by atoms with van der Waals surface area (Å²) in [6.45, 7) is 4.54. The summed E-state index contributed by atoms with van der Waals surface area (Å²) in [5.74, 6) is 2.26. The summed E-state index contributed by atoms with van der Waals surface area (Å²) >= 11 is 1.67. The number of carbonyl (C=O) groups excluding carboxylic acids is 1. The zero-order chi connectivity index (χ0) is 8.81. The monoisotopic (exact) mass is 189 g/mol. The predicted molar refractivity (Wildman–Crippen MR) is 50.3 cm³/mol. The minimum atomic E-state index is -0.0882. The lowest BCUT2D eigenvalue weighted by atomic mass is 10.1. The molecule has 4 heteroatoms. The van der Waals surface area contributed by atoms with Gasteiger partial charge in [-0.1, -0.05) is 0 Å². The van der Waals surface area contributed by atoms with Gasteiger partial charge in [0.15, 0.2) is 0 Å². The molecule has 0 amide bonds. The zero-order valence-corrected chi connectivity index (χ0v) is 8.15. The average molecular weight is 189 g/mol. The topological polar surface area (TPSA) is 38.3 Å². The third kappa shape index (κ3) is 3.45. The smallest absolute Gasteiger partial charge is 0.315 e. The van der Waals surface area contributed by atoms with Gasteiger partial charge in [-0.15, -0.1) is 11.8 Å². The van der Waals surface area contributed by atoms with Gasteiger partial charge in [-0.3, -0.25) is 4.79 Å². The molecule has 0 unspecified atom stereocenters. The van der Waals surface area contributed by atoms with E-state index in [1.165, 1.54) is 0 Å². The lowest BCUT2D eigenvalue weighted by molar-refractivity contribution is -0.139. The number of nitrogens with one attached hydrogen (secondary N) is 1. The first-order valence-electron chi connectivity index (χ1n) is 4.27. The maximum atomic E-state index is 10.9. The van der Waals surface area contributed by atoms with Crippen LogP contribution in [0.5, 0.6) is 0 Å². The number of ether oxygens (including phenoxy) is 1. The normalized spacial score (nSPS) is 17.1. The van der Waals surface area contributed by atoms with Gasteiger partial charge >= 0.3 is 5.97 Å². The lowest BCUT2D eigenvalue weighted by Gasteiger charge is -2.26. The van der Waals surface area contributed by atoms with Gasteiger partial charge in [-0.25, -0.2) is 0 Å². The third-order valence-electron chi connectivity index (χ3n) is 1.74. The van der Waals surface area contributed by atoms with Crippen LogP contribution in [0.4, 0.5) is 0 Å². The Hall–Kier alpha value is -0.220. The highest BCUT2D eigenvalue weighted by Gasteiger charge is 2.16. The van der Waals surface area contributed by atoms with Crippen LogP contribution in [0.2, 0.25) is 0 Å². The molecular weight excluding hydrogens is 174 g/mol. The van der Waals surface area contributed by atoms with E-state index in [-0.39, 0.29) is 5.97 Å². The summed E-state index contributed by atoms with van der Waals surface area (Å²) in [5, 5.41) is 3.19. The molecule has 70 valence electrons. The molecule has 0 aromatic heterocycles. The minimum absolute atomic E-state index is 0.0882. The first-order chi connectivity index (χ1) is 5.83. The van der Waals surface area contributed by atoms with E-state index in [1.807, 2.05) is 6.92 Å². The molecule has 1 rings (SSSR count). The van der Waals surface area contributed by atoms with Crippen molar-refractivity contribution in [2.45, 2.75) is 6.92 Å². The summed E-state index contributed by atoms with van der Waals surface area (Å²) < 4.78 is 4.80. The molecule has 1 aliphatic rings. The van der Waals surface area contributed by atoms with Crippen molar-refractivity contribution in [1.29, 1.82) is 0 Å². The SMILES string of the molecule is CCOC(=O)CSCC1CNC1. The molecular formula is C8H15NO2S. The Balaban J connectivity index is 1.90. The van der Waals surface area contributed by atoms with Crippen molar-refractivity contribution in [2.75, 3.05) is 31.2 Å². The number of carbonyl (C=O) groups is 1. The molecule has 0 aliphatic carbocycles. The largest absolute Gasteiger partial charge is 0.465 e. The first-order valence-corrected chi connectivity index (χ1v) is 5.42. The van der Waals surface area contributed by atoms with Crippen LogP contribution < -0.4 is 5.32 Å². The zero-order valence-electron chi connectivity index (χ0n) is 7.34. The van der Waals surface area contributed by atoms with Crippen LogP contribution >= 0.6 is 11.8 Å². The Labute approximate surface area is 77.2 Å². The summed E-state index contributed by atoms with van der Waals surface area (Å²) in [6.07, 6.45) is 0. The van der Waals surface area contributed by atoms with Gasteiger partial charge < -0.3 is 10.1 Å². The van der Waals surface area contributed by atoms with Crippen LogP contribution in [0.3, 0.4) is 0 Å². The van der Waals surface area contributed by atoms with E-state index < -0.39 is 0 Å². The van der Waals surface area contributed by atoms with Gasteiger partial charge in [0.25, 0.3) is 0 Å². The summed E-state index contributed by atoms with van der Waals surface area (Å²) in [6, 6.07) is 0. The Bertz CT molecular complexity index is 148. The molecule has 3 nitrogen and oxygen atoms in total. The predicted octanol–water partition coefficient (Wildman–Crippen LogP) is 0.502. The highest BCUT2D eigenvalue weighted by atomic mass is 32.2. The lowest BCUT2D eigenvalue weighted by Crippen LogP contribution is -2.43. The van der Waals surface area contributed by atoms with Crippen molar-refractivity contribution < 1.29 is 9.53 Å². The second kappa shape index (κ2) is 5.43. The Morgan fingerprint density at radius 1 is 1.67 bits per heavy atom. The fourth-order valence-electron chi connectivity index (χ4n) is 0.978. The summed E-state index contributed by atoms with van der Waals surface area (Å²) in [4.78, 5) is 10.9. The third-order valence-corrected chi connectivity index (χ3v) is 2.89. The maximum absolute atomic E-state index is 10.9. The van der Waals surface area contributed by atoms with Gasteiger partial charge in [0.2, 0.25) is 0 Å². The van der Waals surface area contributed by atoms with E-state index in [1.54, 1.807) is 11.8 Å². The molecule has 1 aliphatic heterocycles. The quantitative estimate of drug-likeness (QED) is 0.639. The summed E-state index contributed by atoms with van der Waals surface area (Å²) in [7, 11) is 0. The van der Waals surface area contributed by atoms with E-state index >= 15 is 0 Å². The molecule has 1 heterocycles. The van der Waals surface area contributed by atoms with Crippen molar-refractivity contribution in [3.63, 3.8) is 0 Å². The van der Waals surface area contributed by atoms with Crippen molar-refractivity contribution in [3.05, 3.63) is 0 Å². The van der Waals surface area contributed by atoms with Crippen molar-refractivity contribution in [1.82, 2.24) is 5.32 Å². The van der Waals surface area contributed by atoms with Gasteiger partial charge in [0.1, 0.15) is 0 Å². The number of hydrogen-bond acceptors (Lipinski definition) is 4. The van der Waals surface area contributed by atoms with Gasteiger partial charge in [-0.05, 0) is 31.7 Å². The van der Waals surface area contributed by atoms with E-state index in [9.17, 15) is 4.79 Å². The Kier molecular flexibility index (Phi) is 4.46. The highest BCUT2D eigenvalue weighted by Crippen LogP contribution is 2.12. The van der Waals surface area contributed by atoms with Crippen molar-refractivity contribution in [3.8, 4) is 0 Å². The molecule has 0 radical (unpaired) electrons. The molecule has 1 fully saturated rings. The van der Waals surface area contributed by atoms with Crippen molar-refractivity contribution >= 4 is 17.7 Å². The van der Waals surface area contributed by atoms with Gasteiger partial charge in [-0.2, -0.15) is 0 Å². The van der Waals surface area contributed by atoms with E-state index in [0.29, 0.717) is 12.4 Å². The standard InChI is InChI=1S/C8H15NO2S/c1-2-11-8(10)6-12-5-7-3-9-4-7/h7,9H,2-6H2,1H3. The minimum Gasteiger partial charge on any atom is -0.465 e. The maximum Gasteiger partial charge on any atom is 0.315 e. The average Bonchev–Trinajstić information content (AvgIpc) is 1.95. The number of esters is 1. The van der Waals surface area contributed by atoms with E-state index in [0.717, 1.165) is 24.8 Å². The number of hydrogen-bond donors (Lipinski definition) is 1. The van der Waals surface area contributed by atoms with Crippen molar-refractivity contribution in [2.24, 2.45) is 5.92 Å². The Morgan fingerprint density at radius 3 is 2.92 bits per heavy atom. The molecule has 0 atom stereocenters. The number of thioether (sulfide) groups is 1. The second-order valence-corrected chi connectivity index (χ2v) is 3.87. The highest BCUT2D eigenvalue weighted by molar-refractivity contribution is 7.99. The molecule has 1 saturated heterocycles. The molecule has 12 heavy (non-hydrogen) atoms. The fraction of sp³-hybridized carbons (Fsp3) is 0.875. The van der Waals surface area contributed by atoms with E-state index in [4.69, 9.17) is 4.74 Å². The molecule has 0 aromatic rings. The Morgan fingerprint density at radius 2 is 2.42 bits per heavy atom. The van der Waals surface area contributed by atoms with Crippen LogP contribution in [0.15, 0.2) is 0 Å². The van der Waals surface area contributed by atoms with Crippen LogP contribution in [-0.4, -0.2) is 37.2 Å². The number of rotatable bonds is 5. The molecule has 1 N–H and O–H groups in total.